The van der Waals surface area contributed by atoms with E-state index in [9.17, 15) is 24.0 Å². The summed E-state index contributed by atoms with van der Waals surface area (Å²) in [5.41, 5.74) is 1.37. The Labute approximate surface area is 245 Å². The van der Waals surface area contributed by atoms with E-state index in [2.05, 4.69) is 21.3 Å². The Kier molecular flexibility index (Phi) is 9.45. The van der Waals surface area contributed by atoms with Crippen molar-refractivity contribution in [2.75, 3.05) is 6.54 Å². The number of hydrogen-bond donors (Lipinski definition) is 4. The third kappa shape index (κ3) is 7.63. The number of Topliss-reactive ketones (excluding diaryl/α,β-unsaturated/α-hetero) is 1. The first kappa shape index (κ1) is 30.5. The molecule has 42 heavy (non-hydrogen) atoms. The third-order valence-electron chi connectivity index (χ3n) is 7.35. The molecule has 1 saturated heterocycles. The van der Waals surface area contributed by atoms with Crippen LogP contribution in [0.4, 0.5) is 0 Å². The number of ketones is 1. The van der Waals surface area contributed by atoms with Gasteiger partial charge in [-0.1, -0.05) is 48.5 Å². The fraction of sp³-hybridized carbons (Fsp3) is 0.406. The number of benzene rings is 2. The van der Waals surface area contributed by atoms with Crippen LogP contribution in [0.5, 0.6) is 0 Å². The molecule has 1 aliphatic rings. The van der Waals surface area contributed by atoms with E-state index in [-0.39, 0.29) is 18.7 Å². The summed E-state index contributed by atoms with van der Waals surface area (Å²) in [6.07, 6.45) is 1.40. The predicted octanol–water partition coefficient (Wildman–Crippen LogP) is 2.40. The number of carbonyl (C=O) groups is 5. The molecular formula is C32H39N5O5. The van der Waals surface area contributed by atoms with E-state index >= 15 is 0 Å². The zero-order valence-electron chi connectivity index (χ0n) is 24.5. The summed E-state index contributed by atoms with van der Waals surface area (Å²) >= 11 is 0. The van der Waals surface area contributed by atoms with Crippen LogP contribution < -0.4 is 21.3 Å². The third-order valence-corrected chi connectivity index (χ3v) is 7.35. The van der Waals surface area contributed by atoms with Crippen molar-refractivity contribution in [3.8, 4) is 0 Å². The second-order valence-corrected chi connectivity index (χ2v) is 11.9. The van der Waals surface area contributed by atoms with Crippen molar-refractivity contribution in [3.05, 3.63) is 71.9 Å². The van der Waals surface area contributed by atoms with Gasteiger partial charge >= 0.3 is 0 Å². The Bertz CT molecular complexity index is 1470. The Hall–Kier alpha value is -4.47. The SMILES string of the molecule is Cn1c(C(=O)N[C@@H](Cc2ccccc2)C(=O)NC(C[C@@H]2CCCNC2=O)C(=O)C(=O)NC(C)(C)C)cc2ccccc21. The minimum Gasteiger partial charge on any atom is -0.356 e. The number of para-hydroxylation sites is 1. The Morgan fingerprint density at radius 1 is 0.976 bits per heavy atom. The molecule has 1 unspecified atom stereocenters. The van der Waals surface area contributed by atoms with E-state index in [4.69, 9.17) is 0 Å². The summed E-state index contributed by atoms with van der Waals surface area (Å²) in [5, 5.41) is 11.9. The quantitative estimate of drug-likeness (QED) is 0.276. The minimum atomic E-state index is -1.25. The molecule has 0 spiro atoms. The first-order chi connectivity index (χ1) is 19.9. The van der Waals surface area contributed by atoms with E-state index in [1.54, 1.807) is 38.5 Å². The Balaban J connectivity index is 1.60. The highest BCUT2D eigenvalue weighted by Gasteiger charge is 2.36. The normalized spacial score (nSPS) is 16.7. The van der Waals surface area contributed by atoms with Gasteiger partial charge in [0.15, 0.2) is 0 Å². The molecule has 1 fully saturated rings. The molecule has 222 valence electrons. The molecule has 4 amide bonds. The zero-order valence-corrected chi connectivity index (χ0v) is 24.5. The number of piperidine rings is 1. The van der Waals surface area contributed by atoms with Crippen LogP contribution in [-0.4, -0.2) is 58.1 Å². The smallest absolute Gasteiger partial charge is 0.290 e. The lowest BCUT2D eigenvalue weighted by Gasteiger charge is -2.28. The van der Waals surface area contributed by atoms with Gasteiger partial charge < -0.3 is 25.8 Å². The molecule has 1 aromatic heterocycles. The highest BCUT2D eigenvalue weighted by molar-refractivity contribution is 6.38. The minimum absolute atomic E-state index is 0.0246. The van der Waals surface area contributed by atoms with Gasteiger partial charge in [-0.15, -0.1) is 0 Å². The largest absolute Gasteiger partial charge is 0.356 e. The van der Waals surface area contributed by atoms with Gasteiger partial charge in [0.25, 0.3) is 11.8 Å². The van der Waals surface area contributed by atoms with Gasteiger partial charge in [-0.05, 0) is 57.7 Å². The highest BCUT2D eigenvalue weighted by atomic mass is 16.2. The molecule has 10 heteroatoms. The Morgan fingerprint density at radius 3 is 2.33 bits per heavy atom. The van der Waals surface area contributed by atoms with E-state index in [1.165, 1.54) is 0 Å². The number of aromatic nitrogens is 1. The van der Waals surface area contributed by atoms with Crippen molar-refractivity contribution in [1.82, 2.24) is 25.8 Å². The fourth-order valence-electron chi connectivity index (χ4n) is 5.21. The highest BCUT2D eigenvalue weighted by Crippen LogP contribution is 2.20. The number of hydrogen-bond acceptors (Lipinski definition) is 5. The second-order valence-electron chi connectivity index (χ2n) is 11.9. The van der Waals surface area contributed by atoms with Crippen LogP contribution >= 0.6 is 0 Å². The average molecular weight is 574 g/mol. The van der Waals surface area contributed by atoms with Gasteiger partial charge in [0.2, 0.25) is 17.6 Å². The van der Waals surface area contributed by atoms with Crippen LogP contribution in [0.1, 0.15) is 56.1 Å². The molecule has 4 N–H and O–H groups in total. The standard InChI is InChI=1S/C32H39N5O5/c1-32(2,3)36-31(42)27(38)23(18-22-14-10-16-33-28(22)39)34-29(40)24(17-20-11-6-5-7-12-20)35-30(41)26-19-21-13-8-9-15-25(21)37(26)4/h5-9,11-13,15,19,22-24H,10,14,16-18H2,1-4H3,(H,33,39)(H,34,40)(H,35,41)(H,36,42)/t22-,23?,24-/m0/s1. The van der Waals surface area contributed by atoms with Crippen molar-refractivity contribution >= 4 is 40.3 Å². The number of nitrogens with one attached hydrogen (secondary N) is 4. The molecule has 0 saturated carbocycles. The number of carbonyl (C=O) groups excluding carboxylic acids is 5. The second kappa shape index (κ2) is 13.0. The van der Waals surface area contributed by atoms with Gasteiger partial charge in [-0.3, -0.25) is 24.0 Å². The van der Waals surface area contributed by atoms with Crippen LogP contribution in [0.2, 0.25) is 0 Å². The number of aryl methyl sites for hydroxylation is 1. The van der Waals surface area contributed by atoms with Gasteiger partial charge in [0, 0.05) is 42.4 Å². The van der Waals surface area contributed by atoms with Crippen molar-refractivity contribution in [2.24, 2.45) is 13.0 Å². The lowest BCUT2D eigenvalue weighted by molar-refractivity contribution is -0.142. The van der Waals surface area contributed by atoms with Gasteiger partial charge in [0.1, 0.15) is 11.7 Å². The number of rotatable bonds is 10. The van der Waals surface area contributed by atoms with E-state index in [0.717, 1.165) is 22.9 Å². The van der Waals surface area contributed by atoms with Gasteiger partial charge in [-0.2, -0.15) is 0 Å². The van der Waals surface area contributed by atoms with Crippen molar-refractivity contribution < 1.29 is 24.0 Å². The molecule has 0 radical (unpaired) electrons. The number of nitrogens with zero attached hydrogens (tertiary/aromatic N) is 1. The van der Waals surface area contributed by atoms with E-state index in [1.807, 2.05) is 54.6 Å². The molecule has 2 heterocycles. The average Bonchev–Trinajstić information content (AvgIpc) is 3.29. The summed E-state index contributed by atoms with van der Waals surface area (Å²) in [6, 6.07) is 16.2. The molecule has 3 atom stereocenters. The first-order valence-corrected chi connectivity index (χ1v) is 14.3. The molecule has 0 bridgehead atoms. The Morgan fingerprint density at radius 2 is 1.67 bits per heavy atom. The van der Waals surface area contributed by atoms with Crippen molar-refractivity contribution in [2.45, 2.75) is 64.1 Å². The van der Waals surface area contributed by atoms with E-state index < -0.39 is 47.0 Å². The van der Waals surface area contributed by atoms with Crippen LogP contribution in [-0.2, 0) is 32.6 Å². The van der Waals surface area contributed by atoms with Gasteiger partial charge in [0.05, 0.1) is 6.04 Å². The molecule has 10 nitrogen and oxygen atoms in total. The molecular weight excluding hydrogens is 534 g/mol. The van der Waals surface area contributed by atoms with Crippen LogP contribution in [0.3, 0.4) is 0 Å². The summed E-state index contributed by atoms with van der Waals surface area (Å²) in [6.45, 7) is 5.79. The molecule has 2 aromatic carbocycles. The summed E-state index contributed by atoms with van der Waals surface area (Å²) in [4.78, 5) is 66.0. The fourth-order valence-corrected chi connectivity index (χ4v) is 5.21. The maximum atomic E-state index is 13.8. The molecule has 0 aliphatic carbocycles. The summed E-state index contributed by atoms with van der Waals surface area (Å²) < 4.78 is 1.76. The maximum absolute atomic E-state index is 13.8. The summed E-state index contributed by atoms with van der Waals surface area (Å²) in [7, 11) is 1.78. The number of amides is 4. The number of fused-ring (bicyclic) bond motifs is 1. The lowest BCUT2D eigenvalue weighted by Crippen LogP contribution is -2.57. The van der Waals surface area contributed by atoms with Crippen LogP contribution in [0, 0.1) is 5.92 Å². The molecule has 1 aliphatic heterocycles. The van der Waals surface area contributed by atoms with Gasteiger partial charge in [-0.25, -0.2) is 0 Å². The lowest BCUT2D eigenvalue weighted by atomic mass is 9.89. The molecule has 3 aromatic rings. The monoisotopic (exact) mass is 573 g/mol. The van der Waals surface area contributed by atoms with Crippen molar-refractivity contribution in [3.63, 3.8) is 0 Å². The predicted molar refractivity (Wildman–Crippen MR) is 160 cm³/mol. The summed E-state index contributed by atoms with van der Waals surface area (Å²) in [5.74, 6) is -3.50. The molecule has 4 rings (SSSR count). The topological polar surface area (TPSA) is 138 Å². The zero-order chi connectivity index (χ0) is 30.4. The van der Waals surface area contributed by atoms with E-state index in [0.29, 0.717) is 18.7 Å². The van der Waals surface area contributed by atoms with Crippen LogP contribution in [0.15, 0.2) is 60.7 Å². The van der Waals surface area contributed by atoms with Crippen molar-refractivity contribution in [1.29, 1.82) is 0 Å². The first-order valence-electron chi connectivity index (χ1n) is 14.3. The van der Waals surface area contributed by atoms with Crippen LogP contribution in [0.25, 0.3) is 10.9 Å². The maximum Gasteiger partial charge on any atom is 0.290 e.